The largest absolute Gasteiger partial charge is 0.276 e. The van der Waals surface area contributed by atoms with Gasteiger partial charge in [0, 0.05) is 14.7 Å². The molecule has 0 saturated heterocycles. The summed E-state index contributed by atoms with van der Waals surface area (Å²) < 4.78 is 1.08. The van der Waals surface area contributed by atoms with Crippen LogP contribution in [-0.4, -0.2) is 4.92 Å². The standard InChI is InChI=1S/C21H34INO2/c1-19(2,3)11-14-10-15(12-20(4,5)6)18(23(24)25)16(17(14)22)13-21(7,8)9/h10H,11-13H2,1-9H3. The predicted octanol–water partition coefficient (Wildman–Crippen LogP) is 6.97. The molecule has 0 bridgehead atoms. The van der Waals surface area contributed by atoms with Crippen LogP contribution in [0.5, 0.6) is 0 Å². The molecule has 0 atom stereocenters. The zero-order valence-electron chi connectivity index (χ0n) is 17.3. The Morgan fingerprint density at radius 1 is 0.840 bits per heavy atom. The maximum Gasteiger partial charge on any atom is 0.276 e. The summed E-state index contributed by atoms with van der Waals surface area (Å²) in [4.78, 5) is 11.8. The van der Waals surface area contributed by atoms with E-state index in [0.717, 1.165) is 27.5 Å². The lowest BCUT2D eigenvalue weighted by molar-refractivity contribution is -0.386. The topological polar surface area (TPSA) is 43.1 Å². The number of nitrogens with zero attached hydrogens (tertiary/aromatic N) is 1. The van der Waals surface area contributed by atoms with Crippen LogP contribution in [0.15, 0.2) is 6.07 Å². The first-order valence-corrected chi connectivity index (χ1v) is 10.1. The lowest BCUT2D eigenvalue weighted by Gasteiger charge is -2.26. The SMILES string of the molecule is CC(C)(C)Cc1cc(CC(C)(C)C)c([N+](=O)[O-])c(CC(C)(C)C)c1I. The highest BCUT2D eigenvalue weighted by Gasteiger charge is 2.30. The average molecular weight is 459 g/mol. The van der Waals surface area contributed by atoms with Gasteiger partial charge >= 0.3 is 0 Å². The van der Waals surface area contributed by atoms with Crippen LogP contribution in [0.2, 0.25) is 0 Å². The van der Waals surface area contributed by atoms with E-state index in [9.17, 15) is 10.1 Å². The van der Waals surface area contributed by atoms with Gasteiger partial charge < -0.3 is 0 Å². The minimum atomic E-state index is -0.162. The molecule has 0 aliphatic carbocycles. The summed E-state index contributed by atoms with van der Waals surface area (Å²) in [6.07, 6.45) is 2.36. The number of rotatable bonds is 4. The minimum Gasteiger partial charge on any atom is -0.258 e. The highest BCUT2D eigenvalue weighted by molar-refractivity contribution is 14.1. The molecule has 0 unspecified atom stereocenters. The fraction of sp³-hybridized carbons (Fsp3) is 0.714. The molecule has 0 heterocycles. The Morgan fingerprint density at radius 3 is 1.60 bits per heavy atom. The first kappa shape index (κ1) is 22.4. The number of benzene rings is 1. The fourth-order valence-electron chi connectivity index (χ4n) is 3.16. The third-order valence-corrected chi connectivity index (χ3v) is 5.16. The van der Waals surface area contributed by atoms with Gasteiger partial charge in [-0.05, 0) is 69.7 Å². The first-order chi connectivity index (χ1) is 11.0. The summed E-state index contributed by atoms with van der Waals surface area (Å²) >= 11 is 2.33. The molecule has 3 nitrogen and oxygen atoms in total. The summed E-state index contributed by atoms with van der Waals surface area (Å²) in [5, 5.41) is 12.0. The van der Waals surface area contributed by atoms with Crippen molar-refractivity contribution in [1.29, 1.82) is 0 Å². The second kappa shape index (κ2) is 7.53. The van der Waals surface area contributed by atoms with E-state index in [1.54, 1.807) is 0 Å². The Hall–Kier alpha value is -0.650. The average Bonchev–Trinajstić information content (AvgIpc) is 2.28. The molecule has 25 heavy (non-hydrogen) atoms. The molecule has 0 aliphatic heterocycles. The normalized spacial score (nSPS) is 13.2. The Kier molecular flexibility index (Phi) is 6.75. The van der Waals surface area contributed by atoms with Gasteiger partial charge in [0.25, 0.3) is 5.69 Å². The molecule has 0 N–H and O–H groups in total. The first-order valence-electron chi connectivity index (χ1n) is 8.98. The van der Waals surface area contributed by atoms with Crippen LogP contribution >= 0.6 is 22.6 Å². The van der Waals surface area contributed by atoms with Crippen molar-refractivity contribution in [2.24, 2.45) is 16.2 Å². The van der Waals surface area contributed by atoms with E-state index in [2.05, 4.69) is 91.0 Å². The molecule has 0 radical (unpaired) electrons. The van der Waals surface area contributed by atoms with Gasteiger partial charge in [-0.1, -0.05) is 62.3 Å². The third-order valence-electron chi connectivity index (χ3n) is 3.82. The molecule has 0 saturated carbocycles. The van der Waals surface area contributed by atoms with E-state index in [1.807, 2.05) is 0 Å². The third kappa shape index (κ3) is 7.24. The van der Waals surface area contributed by atoms with E-state index in [4.69, 9.17) is 0 Å². The van der Waals surface area contributed by atoms with Crippen molar-refractivity contribution in [2.75, 3.05) is 0 Å². The number of nitro groups is 1. The van der Waals surface area contributed by atoms with Crippen LogP contribution in [0.25, 0.3) is 0 Å². The summed E-state index contributed by atoms with van der Waals surface area (Å²) in [5.74, 6) is 0. The van der Waals surface area contributed by atoms with Gasteiger partial charge in [-0.25, -0.2) is 0 Å². The molecule has 0 aliphatic rings. The van der Waals surface area contributed by atoms with Crippen LogP contribution in [0.4, 0.5) is 5.69 Å². The van der Waals surface area contributed by atoms with E-state index in [0.29, 0.717) is 12.1 Å². The quantitative estimate of drug-likeness (QED) is 0.277. The molecule has 0 amide bonds. The maximum absolute atomic E-state index is 12.0. The van der Waals surface area contributed by atoms with Crippen molar-refractivity contribution in [2.45, 2.75) is 81.6 Å². The van der Waals surface area contributed by atoms with Crippen LogP contribution in [0.3, 0.4) is 0 Å². The van der Waals surface area contributed by atoms with Gasteiger partial charge in [0.1, 0.15) is 0 Å². The van der Waals surface area contributed by atoms with Gasteiger partial charge in [-0.3, -0.25) is 10.1 Å². The lowest BCUT2D eigenvalue weighted by Crippen LogP contribution is -2.19. The van der Waals surface area contributed by atoms with Crippen LogP contribution in [-0.2, 0) is 19.3 Å². The van der Waals surface area contributed by atoms with Crippen LogP contribution < -0.4 is 0 Å². The van der Waals surface area contributed by atoms with Gasteiger partial charge in [0.15, 0.2) is 0 Å². The molecule has 142 valence electrons. The van der Waals surface area contributed by atoms with Gasteiger partial charge in [-0.2, -0.15) is 0 Å². The molecule has 1 aromatic rings. The van der Waals surface area contributed by atoms with Crippen molar-refractivity contribution < 1.29 is 4.92 Å². The Bertz CT molecular complexity index is 644. The highest BCUT2D eigenvalue weighted by Crippen LogP contribution is 2.39. The summed E-state index contributed by atoms with van der Waals surface area (Å²) in [6, 6.07) is 2.10. The van der Waals surface area contributed by atoms with E-state index < -0.39 is 0 Å². The Balaban J connectivity index is 3.71. The Labute approximate surface area is 167 Å². The fourth-order valence-corrected chi connectivity index (χ4v) is 3.95. The number of hydrogen-bond donors (Lipinski definition) is 0. The molecule has 0 fully saturated rings. The van der Waals surface area contributed by atoms with Gasteiger partial charge in [-0.15, -0.1) is 0 Å². The van der Waals surface area contributed by atoms with Crippen molar-refractivity contribution >= 4 is 28.3 Å². The zero-order chi connectivity index (χ0) is 19.8. The van der Waals surface area contributed by atoms with Crippen molar-refractivity contribution in [1.82, 2.24) is 0 Å². The van der Waals surface area contributed by atoms with Crippen molar-refractivity contribution in [3.8, 4) is 0 Å². The van der Waals surface area contributed by atoms with Crippen molar-refractivity contribution in [3.63, 3.8) is 0 Å². The number of halogens is 1. The molecule has 1 rings (SSSR count). The van der Waals surface area contributed by atoms with Gasteiger partial charge in [0.2, 0.25) is 0 Å². The zero-order valence-corrected chi connectivity index (χ0v) is 19.5. The number of hydrogen-bond acceptors (Lipinski definition) is 2. The van der Waals surface area contributed by atoms with E-state index in [1.165, 1.54) is 5.56 Å². The molecule has 4 heteroatoms. The molecule has 0 aromatic heterocycles. The minimum absolute atomic E-state index is 0.00401. The van der Waals surface area contributed by atoms with Gasteiger partial charge in [0.05, 0.1) is 4.92 Å². The maximum atomic E-state index is 12.0. The second-order valence-corrected chi connectivity index (χ2v) is 11.9. The monoisotopic (exact) mass is 459 g/mol. The summed E-state index contributed by atoms with van der Waals surface area (Å²) in [7, 11) is 0. The van der Waals surface area contributed by atoms with E-state index in [-0.39, 0.29) is 21.2 Å². The molecule has 1 aromatic carbocycles. The highest BCUT2D eigenvalue weighted by atomic mass is 127. The second-order valence-electron chi connectivity index (χ2n) is 10.8. The van der Waals surface area contributed by atoms with Crippen LogP contribution in [0, 0.1) is 29.9 Å². The van der Waals surface area contributed by atoms with Crippen molar-refractivity contribution in [3.05, 3.63) is 36.4 Å². The summed E-state index contributed by atoms with van der Waals surface area (Å²) in [6.45, 7) is 19.5. The van der Waals surface area contributed by atoms with E-state index >= 15 is 0 Å². The molecule has 0 spiro atoms. The summed E-state index contributed by atoms with van der Waals surface area (Å²) in [5.41, 5.74) is 3.55. The smallest absolute Gasteiger partial charge is 0.258 e. The Morgan fingerprint density at radius 2 is 1.24 bits per heavy atom. The number of nitro benzene ring substituents is 1. The molecular weight excluding hydrogens is 425 g/mol. The lowest BCUT2D eigenvalue weighted by atomic mass is 9.80. The van der Waals surface area contributed by atoms with Crippen LogP contribution in [0.1, 0.15) is 79.0 Å². The predicted molar refractivity (Wildman–Crippen MR) is 115 cm³/mol. The molecular formula is C21H34INO2.